The highest BCUT2D eigenvalue weighted by Crippen LogP contribution is 2.69. The molecule has 11 atom stereocenters. The predicted molar refractivity (Wildman–Crippen MR) is 164 cm³/mol. The summed E-state index contributed by atoms with van der Waals surface area (Å²) < 4.78 is 67.6. The summed E-state index contributed by atoms with van der Waals surface area (Å²) in [6.45, 7) is -5.15. The van der Waals surface area contributed by atoms with Crippen molar-refractivity contribution in [3.05, 3.63) is 27.9 Å². The number of imidazole rings is 1. The summed E-state index contributed by atoms with van der Waals surface area (Å²) in [5, 5.41) is 11.7. The van der Waals surface area contributed by atoms with E-state index in [2.05, 4.69) is 41.5 Å². The van der Waals surface area contributed by atoms with Crippen molar-refractivity contribution in [2.24, 2.45) is 11.8 Å². The van der Waals surface area contributed by atoms with Crippen molar-refractivity contribution in [1.82, 2.24) is 33.9 Å². The Morgan fingerprint density at radius 3 is 2.74 bits per heavy atom. The lowest BCUT2D eigenvalue weighted by atomic mass is 10.0. The third-order valence-corrected chi connectivity index (χ3v) is 12.7. The van der Waals surface area contributed by atoms with Gasteiger partial charge in [-0.1, -0.05) is 12.2 Å². The quantitative estimate of drug-likeness (QED) is 0.124. The van der Waals surface area contributed by atoms with E-state index in [1.165, 1.54) is 19.8 Å². The molecular formula is C23H27N9O11P2S2. The number of rotatable bonds is 3. The van der Waals surface area contributed by atoms with Gasteiger partial charge in [0.05, 0.1) is 30.0 Å². The van der Waals surface area contributed by atoms with Gasteiger partial charge in [0, 0.05) is 13.0 Å². The lowest BCUT2D eigenvalue weighted by molar-refractivity contribution is -0.0404. The molecule has 2 bridgehead atoms. The third kappa shape index (κ3) is 4.97. The zero-order valence-electron chi connectivity index (χ0n) is 24.1. The van der Waals surface area contributed by atoms with Gasteiger partial charge in [-0.2, -0.15) is 4.37 Å². The Morgan fingerprint density at radius 2 is 1.96 bits per heavy atom. The van der Waals surface area contributed by atoms with Gasteiger partial charge in [-0.15, -0.1) is 0 Å². The van der Waals surface area contributed by atoms with E-state index in [9.17, 15) is 23.9 Å². The molecule has 4 fully saturated rings. The summed E-state index contributed by atoms with van der Waals surface area (Å²) in [7, 11) is -3.60. The van der Waals surface area contributed by atoms with Crippen LogP contribution in [0, 0.1) is 11.8 Å². The molecule has 0 aromatic carbocycles. The molecule has 4 aliphatic rings. The highest BCUT2D eigenvalue weighted by atomic mass is 32.7. The van der Waals surface area contributed by atoms with Crippen LogP contribution in [-0.4, -0.2) is 94.7 Å². The summed E-state index contributed by atoms with van der Waals surface area (Å²) in [6, 6.07) is 0. The second kappa shape index (κ2) is 11.0. The number of nitrogens with one attached hydrogen (secondary N) is 1. The number of nitrogen functional groups attached to an aromatic ring is 2. The highest BCUT2D eigenvalue weighted by Gasteiger charge is 2.74. The first-order valence-corrected chi connectivity index (χ1v) is 19.1. The number of H-pyrrole nitrogens is 1. The maximum Gasteiger partial charge on any atom is 0.472 e. The Balaban J connectivity index is 1.15. The molecule has 6 heterocycles. The average Bonchev–Trinajstić information content (AvgIpc) is 3.30. The van der Waals surface area contributed by atoms with Crippen LogP contribution >= 0.6 is 38.4 Å². The van der Waals surface area contributed by atoms with Crippen LogP contribution in [0.5, 0.6) is 0 Å². The zero-order valence-corrected chi connectivity index (χ0v) is 27.6. The van der Waals surface area contributed by atoms with E-state index in [4.69, 9.17) is 39.0 Å². The summed E-state index contributed by atoms with van der Waals surface area (Å²) >= 11 is 5.04. The van der Waals surface area contributed by atoms with E-state index < -0.39 is 87.4 Å². The smallest absolute Gasteiger partial charge is 0.388 e. The van der Waals surface area contributed by atoms with Gasteiger partial charge in [0.15, 0.2) is 17.0 Å². The number of aromatic nitrogens is 7. The molecule has 4 aromatic heterocycles. The number of aliphatic hydroxyl groups excluding tert-OH is 1. The van der Waals surface area contributed by atoms with Crippen LogP contribution in [0.25, 0.3) is 22.2 Å². The van der Waals surface area contributed by atoms with Gasteiger partial charge in [-0.25, -0.2) is 29.1 Å². The molecule has 252 valence electrons. The summed E-state index contributed by atoms with van der Waals surface area (Å²) in [5.74, 6) is -1.24. The van der Waals surface area contributed by atoms with Crippen LogP contribution in [0.15, 0.2) is 17.4 Å². The van der Waals surface area contributed by atoms with Gasteiger partial charge in [0.1, 0.15) is 54.0 Å². The first kappa shape index (κ1) is 31.7. The Hall–Kier alpha value is -2.59. The summed E-state index contributed by atoms with van der Waals surface area (Å²) in [4.78, 5) is 42.8. The third-order valence-electron chi connectivity index (χ3n) is 9.17. The molecule has 0 amide bonds. The number of fused-ring (bicyclic) bond motifs is 7. The number of aliphatic hydroxyl groups is 1. The first-order chi connectivity index (χ1) is 22.3. The van der Waals surface area contributed by atoms with Gasteiger partial charge in [-0.3, -0.25) is 27.9 Å². The fourth-order valence-corrected chi connectivity index (χ4v) is 10.4. The van der Waals surface area contributed by atoms with Crippen LogP contribution in [0.1, 0.15) is 17.4 Å². The van der Waals surface area contributed by atoms with E-state index in [0.29, 0.717) is 17.6 Å². The minimum atomic E-state index is -4.92. The fourth-order valence-electron chi connectivity index (χ4n) is 7.08. The van der Waals surface area contributed by atoms with Crippen molar-refractivity contribution in [1.29, 1.82) is 0 Å². The van der Waals surface area contributed by atoms with Crippen molar-refractivity contribution >= 4 is 72.4 Å². The molecule has 2 saturated carbocycles. The molecule has 0 spiro atoms. The van der Waals surface area contributed by atoms with Crippen molar-refractivity contribution in [2.45, 2.75) is 48.6 Å². The minimum absolute atomic E-state index is 0.0279. The van der Waals surface area contributed by atoms with Crippen molar-refractivity contribution < 1.29 is 46.7 Å². The number of thiol groups is 1. The molecule has 2 saturated heterocycles. The molecule has 24 heteroatoms. The molecule has 7 N–H and O–H groups in total. The summed E-state index contributed by atoms with van der Waals surface area (Å²) in [6.07, 6.45) is -4.09. The number of ether oxygens (including phenoxy) is 2. The Bertz CT molecular complexity index is 2070. The molecular weight excluding hydrogens is 704 g/mol. The van der Waals surface area contributed by atoms with Gasteiger partial charge in [-0.05, 0) is 23.9 Å². The molecule has 4 aromatic rings. The number of anilines is 2. The monoisotopic (exact) mass is 731 g/mol. The van der Waals surface area contributed by atoms with Crippen LogP contribution in [-0.2, 0) is 42.2 Å². The van der Waals surface area contributed by atoms with Crippen LogP contribution < -0.4 is 17.0 Å². The minimum Gasteiger partial charge on any atom is -0.388 e. The highest BCUT2D eigenvalue weighted by molar-refractivity contribution is 8.44. The van der Waals surface area contributed by atoms with Gasteiger partial charge in [0.2, 0.25) is 5.95 Å². The molecule has 3 unspecified atom stereocenters. The van der Waals surface area contributed by atoms with Crippen molar-refractivity contribution in [3.63, 3.8) is 0 Å². The molecule has 20 nitrogen and oxygen atoms in total. The number of aromatic amines is 1. The van der Waals surface area contributed by atoms with E-state index in [1.807, 2.05) is 0 Å². The van der Waals surface area contributed by atoms with E-state index >= 15 is 0 Å². The largest absolute Gasteiger partial charge is 0.472 e. The second-order valence-corrected chi connectivity index (χ2v) is 16.7. The molecule has 2 aliphatic heterocycles. The first-order valence-electron chi connectivity index (χ1n) is 14.1. The number of nitrogens with zero attached hydrogens (tertiary/aromatic N) is 6. The number of nitrogens with two attached hydrogens (primary N) is 2. The standard InChI is InChI=1S/C23H27N9O11P2S2/c1-38-14-9-4-40-45(37,46)43-13-7(8-2-23(8,18(13)33)32-6-28-12-19(24)26-5-27-20(12)32)3-39-44(35,36)42-15(14)16(41-9)17-10-11(31-47-17)21(34)30-22(25)29-10/h5-9,13-16,18,33H,2-4H2,1H3,(H,35,36)(H,37,46)(H2,24,26,27)(H3,25,29,30,34)/t7-,8-,9+,13+,14+,15+,16+,18+,23?,45?/m0/s1. The van der Waals surface area contributed by atoms with Crippen molar-refractivity contribution in [2.75, 3.05) is 31.8 Å². The molecule has 8 rings (SSSR count). The number of hydrogen-bond donors (Lipinski definition) is 6. The number of phosphoric acid groups is 1. The topological polar surface area (TPSA) is 284 Å². The van der Waals surface area contributed by atoms with Gasteiger partial charge >= 0.3 is 14.6 Å². The van der Waals surface area contributed by atoms with Crippen molar-refractivity contribution in [3.8, 4) is 0 Å². The predicted octanol–water partition coefficient (Wildman–Crippen LogP) is 0.500. The molecule has 47 heavy (non-hydrogen) atoms. The van der Waals surface area contributed by atoms with E-state index in [-0.39, 0.29) is 27.7 Å². The Morgan fingerprint density at radius 1 is 1.15 bits per heavy atom. The fraction of sp³-hybridized carbons (Fsp3) is 0.565. The van der Waals surface area contributed by atoms with Crippen LogP contribution in [0.2, 0.25) is 0 Å². The van der Waals surface area contributed by atoms with Gasteiger partial charge < -0.3 is 35.5 Å². The lowest BCUT2D eigenvalue weighted by Crippen LogP contribution is -2.40. The average molecular weight is 732 g/mol. The van der Waals surface area contributed by atoms with Crippen LogP contribution in [0.3, 0.4) is 0 Å². The Kier molecular flexibility index (Phi) is 7.38. The van der Waals surface area contributed by atoms with E-state index in [1.54, 1.807) is 4.57 Å². The summed E-state index contributed by atoms with van der Waals surface area (Å²) in [5.41, 5.74) is 10.8. The maximum absolute atomic E-state index is 13.7. The second-order valence-electron chi connectivity index (χ2n) is 11.6. The SMILES string of the molecule is CO[C@H]1[C@H]2OP(=O)(O)OC[C@@H]3[C@@H](OP(=O)(S)OC[C@H]1O[C@H]2c1snc2c(=O)[nH]c(N)nc12)[C@@H](O)C1(n2cnc4c(N)ncnc42)C[C@@H]31. The van der Waals surface area contributed by atoms with Gasteiger partial charge in [0.25, 0.3) is 5.56 Å². The zero-order chi connectivity index (χ0) is 33.0. The number of phosphoric ester groups is 1. The normalized spacial score (nSPS) is 40.4. The molecule has 0 radical (unpaired) electrons. The maximum atomic E-state index is 13.7. The molecule has 2 aliphatic carbocycles. The Labute approximate surface area is 272 Å². The van der Waals surface area contributed by atoms with Crippen LogP contribution in [0.4, 0.5) is 11.8 Å². The number of methoxy groups -OCH3 is 1. The lowest BCUT2D eigenvalue weighted by Gasteiger charge is -2.30. The van der Waals surface area contributed by atoms with E-state index in [0.717, 1.165) is 11.5 Å². The number of hydrogen-bond acceptors (Lipinski definition) is 18.